The number of benzene rings is 4. The van der Waals surface area contributed by atoms with Crippen LogP contribution >= 0.6 is 0 Å². The highest BCUT2D eigenvalue weighted by molar-refractivity contribution is 5.85. The van der Waals surface area contributed by atoms with Crippen molar-refractivity contribution in [3.8, 4) is 22.6 Å². The maximum atomic E-state index is 6.36. The molecule has 0 atom stereocenters. The Morgan fingerprint density at radius 3 is 2.35 bits per heavy atom. The molecular weight excluding hydrogens is 490 g/mol. The van der Waals surface area contributed by atoms with Gasteiger partial charge in [0.1, 0.15) is 17.3 Å². The number of nitrogens with zero attached hydrogens (tertiary/aromatic N) is 1. The molecule has 0 saturated carbocycles. The molecule has 3 nitrogen and oxygen atoms in total. The number of hydrogen-bond acceptors (Lipinski definition) is 2. The van der Waals surface area contributed by atoms with Gasteiger partial charge >= 0.3 is 0 Å². The van der Waals surface area contributed by atoms with Crippen LogP contribution in [0, 0.1) is 11.3 Å². The lowest BCUT2D eigenvalue weighted by Crippen LogP contribution is -2.20. The van der Waals surface area contributed by atoms with Crippen molar-refractivity contribution in [3.63, 3.8) is 0 Å². The molecule has 0 N–H and O–H groups in total. The molecule has 0 fully saturated rings. The first kappa shape index (κ1) is 25.9. The van der Waals surface area contributed by atoms with Crippen molar-refractivity contribution in [3.05, 3.63) is 125 Å². The summed E-state index contributed by atoms with van der Waals surface area (Å²) in [5.74, 6) is 3.15. The van der Waals surface area contributed by atoms with E-state index < -0.39 is 0 Å². The quantitative estimate of drug-likeness (QED) is 0.216. The average molecular weight is 527 g/mol. The smallest absolute Gasteiger partial charge is 0.219 e. The van der Waals surface area contributed by atoms with Crippen LogP contribution in [0.3, 0.4) is 0 Å². The fraction of sp³-hybridized carbons (Fsp3) is 0.216. The lowest BCUT2D eigenvalue weighted by molar-refractivity contribution is 0.269. The van der Waals surface area contributed by atoms with Crippen LogP contribution in [0.25, 0.3) is 22.8 Å². The van der Waals surface area contributed by atoms with Gasteiger partial charge < -0.3 is 9.47 Å². The van der Waals surface area contributed by atoms with Gasteiger partial charge in [0.2, 0.25) is 16.7 Å². The molecule has 2 heterocycles. The normalized spacial score (nSPS) is 15.4. The third-order valence-corrected chi connectivity index (χ3v) is 7.26. The maximum Gasteiger partial charge on any atom is 0.219 e. The van der Waals surface area contributed by atoms with Gasteiger partial charge in [0, 0.05) is 35.2 Å². The predicted molar refractivity (Wildman–Crippen MR) is 166 cm³/mol. The molecule has 0 spiro atoms. The topological polar surface area (TPSA) is 21.5 Å². The van der Waals surface area contributed by atoms with E-state index in [1.165, 1.54) is 27.9 Å². The molecule has 2 aliphatic heterocycles. The van der Waals surface area contributed by atoms with Gasteiger partial charge in [-0.15, -0.1) is 0 Å². The van der Waals surface area contributed by atoms with Crippen molar-refractivity contribution < 1.29 is 9.47 Å². The standard InChI is InChI=1S/C37H36NO2/c1-25(2)24-39-29-18-20-35-31(23-29)27(22-36(40-35)37(3,4)5)17-15-26-16-19-34-32(21-26)30-13-9-10-14-33(30)38(34)28-11-7-6-8-12-28/h6-23,25H,24H2,1-5H3/q+1/b26-15-,27-17+. The average Bonchev–Trinajstić information content (AvgIpc) is 3.28. The van der Waals surface area contributed by atoms with E-state index in [0.29, 0.717) is 12.5 Å². The van der Waals surface area contributed by atoms with Crippen molar-refractivity contribution in [2.75, 3.05) is 6.61 Å². The van der Waals surface area contributed by atoms with Crippen molar-refractivity contribution in [2.24, 2.45) is 11.3 Å². The fourth-order valence-corrected chi connectivity index (χ4v) is 5.19. The second-order valence-corrected chi connectivity index (χ2v) is 12.0. The van der Waals surface area contributed by atoms with E-state index in [0.717, 1.165) is 33.6 Å². The van der Waals surface area contributed by atoms with Crippen molar-refractivity contribution in [1.82, 2.24) is 4.58 Å². The Morgan fingerprint density at radius 2 is 1.57 bits per heavy atom. The second-order valence-electron chi connectivity index (χ2n) is 12.0. The number of fused-ring (bicyclic) bond motifs is 4. The van der Waals surface area contributed by atoms with E-state index >= 15 is 0 Å². The molecule has 0 unspecified atom stereocenters. The van der Waals surface area contributed by atoms with Gasteiger partial charge in [0.25, 0.3) is 0 Å². The van der Waals surface area contributed by atoms with Crippen molar-refractivity contribution in [2.45, 2.75) is 34.6 Å². The van der Waals surface area contributed by atoms with E-state index in [-0.39, 0.29) is 5.41 Å². The molecule has 0 aromatic heterocycles. The van der Waals surface area contributed by atoms with Crippen LogP contribution in [0.4, 0.5) is 11.4 Å². The van der Waals surface area contributed by atoms with Crippen molar-refractivity contribution >= 4 is 23.0 Å². The van der Waals surface area contributed by atoms with Crippen LogP contribution in [0.1, 0.15) is 40.2 Å². The first-order valence-corrected chi connectivity index (χ1v) is 14.1. The summed E-state index contributed by atoms with van der Waals surface area (Å²) in [4.78, 5) is 0. The fourth-order valence-electron chi connectivity index (χ4n) is 5.19. The first-order valence-electron chi connectivity index (χ1n) is 14.1. The minimum Gasteiger partial charge on any atom is -0.493 e. The molecule has 4 aromatic rings. The lowest BCUT2D eigenvalue weighted by Gasteiger charge is -2.28. The van der Waals surface area contributed by atoms with Gasteiger partial charge in [-0.2, -0.15) is 4.58 Å². The van der Waals surface area contributed by atoms with Crippen molar-refractivity contribution in [1.29, 1.82) is 0 Å². The Balaban J connectivity index is 1.47. The van der Waals surface area contributed by atoms with Gasteiger partial charge in [0.05, 0.1) is 17.7 Å². The number of para-hydroxylation sites is 2. The number of hydrogen-bond donors (Lipinski definition) is 0. The summed E-state index contributed by atoms with van der Waals surface area (Å²) in [7, 11) is 0. The third kappa shape index (κ3) is 5.00. The van der Waals surface area contributed by atoms with Gasteiger partial charge in [-0.1, -0.05) is 77.1 Å². The molecule has 0 aliphatic carbocycles. The predicted octanol–water partition coefficient (Wildman–Crippen LogP) is 8.04. The van der Waals surface area contributed by atoms with Crippen LogP contribution in [-0.2, 0) is 0 Å². The Morgan fingerprint density at radius 1 is 0.800 bits per heavy atom. The molecule has 0 amide bonds. The van der Waals surface area contributed by atoms with Gasteiger partial charge in [-0.05, 0) is 59.2 Å². The van der Waals surface area contributed by atoms with E-state index in [1.54, 1.807) is 0 Å². The number of rotatable bonds is 5. The zero-order valence-corrected chi connectivity index (χ0v) is 23.9. The Bertz CT molecular complexity index is 1770. The molecule has 0 bridgehead atoms. The summed E-state index contributed by atoms with van der Waals surface area (Å²) in [5, 5.41) is 2.36. The molecule has 40 heavy (non-hydrogen) atoms. The molecule has 3 heteroatoms. The molecule has 6 rings (SSSR count). The van der Waals surface area contributed by atoms with Crippen LogP contribution in [0.2, 0.25) is 0 Å². The summed E-state index contributed by atoms with van der Waals surface area (Å²) >= 11 is 0. The van der Waals surface area contributed by atoms with Crippen LogP contribution in [0.5, 0.6) is 11.5 Å². The summed E-state index contributed by atoms with van der Waals surface area (Å²) in [6.07, 6.45) is 6.58. The minimum atomic E-state index is -0.109. The minimum absolute atomic E-state index is 0.109. The monoisotopic (exact) mass is 526 g/mol. The first-order chi connectivity index (χ1) is 19.3. The second kappa shape index (κ2) is 10.3. The Labute approximate surface area is 237 Å². The van der Waals surface area contributed by atoms with Crippen LogP contribution < -0.4 is 24.6 Å². The van der Waals surface area contributed by atoms with Gasteiger partial charge in [0.15, 0.2) is 0 Å². The summed E-state index contributed by atoms with van der Waals surface area (Å²) in [6, 6.07) is 32.1. The maximum absolute atomic E-state index is 6.36. The highest BCUT2D eigenvalue weighted by Crippen LogP contribution is 2.41. The lowest BCUT2D eigenvalue weighted by atomic mass is 9.89. The van der Waals surface area contributed by atoms with Gasteiger partial charge in [-0.25, -0.2) is 0 Å². The van der Waals surface area contributed by atoms with Crippen LogP contribution in [0.15, 0.2) is 109 Å². The SMILES string of the molecule is CC(C)COc1ccc2c(c1)/C(=C/C=c1/ccc3c(c1)-c1ccccc1[N+]=3c1ccccc1)C=C(C(C)(C)C)O2. The molecule has 2 aliphatic rings. The van der Waals surface area contributed by atoms with Gasteiger partial charge in [-0.3, -0.25) is 0 Å². The number of allylic oxidation sites excluding steroid dienone is 4. The highest BCUT2D eigenvalue weighted by atomic mass is 16.5. The van der Waals surface area contributed by atoms with Crippen LogP contribution in [-0.4, -0.2) is 6.61 Å². The molecule has 4 aromatic carbocycles. The zero-order chi connectivity index (χ0) is 27.9. The molecular formula is C37H36NO2+. The summed E-state index contributed by atoms with van der Waals surface area (Å²) < 4.78 is 14.8. The molecule has 0 radical (unpaired) electrons. The summed E-state index contributed by atoms with van der Waals surface area (Å²) in [5.41, 5.74) is 6.94. The number of ether oxygens (including phenoxy) is 2. The zero-order valence-electron chi connectivity index (χ0n) is 23.9. The van der Waals surface area contributed by atoms with E-state index in [9.17, 15) is 0 Å². The van der Waals surface area contributed by atoms with E-state index in [1.807, 2.05) is 12.1 Å². The largest absolute Gasteiger partial charge is 0.493 e. The van der Waals surface area contributed by atoms with E-state index in [2.05, 4.69) is 136 Å². The Kier molecular flexibility index (Phi) is 6.67. The Hall–Kier alpha value is -4.37. The third-order valence-electron chi connectivity index (χ3n) is 7.26. The van der Waals surface area contributed by atoms with E-state index in [4.69, 9.17) is 9.47 Å². The molecule has 0 saturated heterocycles. The highest BCUT2D eigenvalue weighted by Gasteiger charge is 2.29. The molecule has 200 valence electrons. The summed E-state index contributed by atoms with van der Waals surface area (Å²) in [6.45, 7) is 11.6.